The van der Waals surface area contributed by atoms with Crippen LogP contribution in [0.2, 0.25) is 5.02 Å². The molecule has 1 aliphatic rings. The van der Waals surface area contributed by atoms with Crippen molar-refractivity contribution < 1.29 is 14.4 Å². The minimum atomic E-state index is -1.08. The number of carbonyl (C=O) groups is 3. The SMILES string of the molecule is CCCn1cc(Cl)cc1C(=O)N1CC(=O)NC(=O)C1(C)C. The summed E-state index contributed by atoms with van der Waals surface area (Å²) in [5.41, 5.74) is -0.698. The van der Waals surface area contributed by atoms with Crippen LogP contribution in [0.15, 0.2) is 12.3 Å². The second-order valence-electron chi connectivity index (χ2n) is 5.56. The summed E-state index contributed by atoms with van der Waals surface area (Å²) in [4.78, 5) is 37.5. The minimum Gasteiger partial charge on any atom is -0.342 e. The summed E-state index contributed by atoms with van der Waals surface area (Å²) in [5.74, 6) is -1.33. The van der Waals surface area contributed by atoms with Gasteiger partial charge >= 0.3 is 0 Å². The van der Waals surface area contributed by atoms with Crippen molar-refractivity contribution >= 4 is 29.3 Å². The summed E-state index contributed by atoms with van der Waals surface area (Å²) in [7, 11) is 0. The van der Waals surface area contributed by atoms with E-state index in [1.807, 2.05) is 6.92 Å². The van der Waals surface area contributed by atoms with E-state index in [1.165, 1.54) is 4.90 Å². The molecule has 1 saturated heterocycles. The zero-order valence-corrected chi connectivity index (χ0v) is 13.0. The van der Waals surface area contributed by atoms with Crippen molar-refractivity contribution in [1.82, 2.24) is 14.8 Å². The van der Waals surface area contributed by atoms with Gasteiger partial charge in [0.15, 0.2) is 0 Å². The smallest absolute Gasteiger partial charge is 0.271 e. The van der Waals surface area contributed by atoms with Crippen LogP contribution in [0, 0.1) is 0 Å². The molecule has 6 nitrogen and oxygen atoms in total. The van der Waals surface area contributed by atoms with Crippen LogP contribution < -0.4 is 5.32 Å². The minimum absolute atomic E-state index is 0.146. The lowest BCUT2D eigenvalue weighted by Crippen LogP contribution is -2.65. The maximum absolute atomic E-state index is 12.7. The summed E-state index contributed by atoms with van der Waals surface area (Å²) >= 11 is 5.97. The third kappa shape index (κ3) is 2.81. The van der Waals surface area contributed by atoms with Crippen LogP contribution in [0.5, 0.6) is 0 Å². The molecule has 1 fully saturated rings. The van der Waals surface area contributed by atoms with Gasteiger partial charge in [-0.3, -0.25) is 19.7 Å². The summed E-state index contributed by atoms with van der Waals surface area (Å²) in [6.07, 6.45) is 2.52. The predicted molar refractivity (Wildman–Crippen MR) is 78.0 cm³/mol. The molecular weight excluding hydrogens is 294 g/mol. The third-order valence-electron chi connectivity index (χ3n) is 3.58. The van der Waals surface area contributed by atoms with Gasteiger partial charge in [-0.15, -0.1) is 0 Å². The number of hydrogen-bond acceptors (Lipinski definition) is 3. The van der Waals surface area contributed by atoms with Crippen molar-refractivity contribution in [1.29, 1.82) is 0 Å². The van der Waals surface area contributed by atoms with Crippen molar-refractivity contribution in [2.45, 2.75) is 39.3 Å². The number of amides is 3. The quantitative estimate of drug-likeness (QED) is 0.858. The van der Waals surface area contributed by atoms with Crippen LogP contribution >= 0.6 is 11.6 Å². The highest BCUT2D eigenvalue weighted by Gasteiger charge is 2.44. The number of aryl methyl sites for hydroxylation is 1. The second kappa shape index (κ2) is 5.52. The van der Waals surface area contributed by atoms with Gasteiger partial charge in [0.25, 0.3) is 11.8 Å². The number of piperazine rings is 1. The fourth-order valence-corrected chi connectivity index (χ4v) is 2.55. The molecule has 1 N–H and O–H groups in total. The highest BCUT2D eigenvalue weighted by Crippen LogP contribution is 2.23. The van der Waals surface area contributed by atoms with E-state index in [0.29, 0.717) is 17.3 Å². The Morgan fingerprint density at radius 3 is 2.71 bits per heavy atom. The number of nitrogens with one attached hydrogen (secondary N) is 1. The molecule has 114 valence electrons. The first-order valence-corrected chi connectivity index (χ1v) is 7.17. The van der Waals surface area contributed by atoms with Crippen molar-refractivity contribution in [3.05, 3.63) is 23.0 Å². The lowest BCUT2D eigenvalue weighted by Gasteiger charge is -2.40. The van der Waals surface area contributed by atoms with E-state index in [0.717, 1.165) is 6.42 Å². The van der Waals surface area contributed by atoms with Gasteiger partial charge in [-0.25, -0.2) is 0 Å². The summed E-state index contributed by atoms with van der Waals surface area (Å²) in [5, 5.41) is 2.70. The zero-order chi connectivity index (χ0) is 15.8. The van der Waals surface area contributed by atoms with E-state index < -0.39 is 17.4 Å². The molecule has 1 aromatic rings. The Hall–Kier alpha value is -1.82. The maximum Gasteiger partial charge on any atom is 0.271 e. The molecule has 2 rings (SSSR count). The van der Waals surface area contributed by atoms with Gasteiger partial charge in [-0.05, 0) is 26.3 Å². The predicted octanol–water partition coefficient (Wildman–Crippen LogP) is 1.43. The van der Waals surface area contributed by atoms with E-state index in [2.05, 4.69) is 5.32 Å². The molecule has 7 heteroatoms. The van der Waals surface area contributed by atoms with Gasteiger partial charge in [0.2, 0.25) is 5.91 Å². The lowest BCUT2D eigenvalue weighted by molar-refractivity contribution is -0.143. The average Bonchev–Trinajstić information content (AvgIpc) is 2.75. The lowest BCUT2D eigenvalue weighted by atomic mass is 9.98. The second-order valence-corrected chi connectivity index (χ2v) is 6.00. The monoisotopic (exact) mass is 311 g/mol. The van der Waals surface area contributed by atoms with Crippen LogP contribution in [0.3, 0.4) is 0 Å². The van der Waals surface area contributed by atoms with E-state index >= 15 is 0 Å². The fourth-order valence-electron chi connectivity index (χ4n) is 2.33. The molecule has 0 atom stereocenters. The van der Waals surface area contributed by atoms with Gasteiger partial charge in [0.1, 0.15) is 17.8 Å². The Morgan fingerprint density at radius 1 is 1.43 bits per heavy atom. The molecule has 0 aromatic carbocycles. The first-order chi connectivity index (χ1) is 9.77. The van der Waals surface area contributed by atoms with E-state index in [-0.39, 0.29) is 12.5 Å². The summed E-state index contributed by atoms with van der Waals surface area (Å²) in [6, 6.07) is 1.56. The van der Waals surface area contributed by atoms with Gasteiger partial charge in [-0.2, -0.15) is 0 Å². The Kier molecular flexibility index (Phi) is 4.09. The van der Waals surface area contributed by atoms with Crippen LogP contribution in [0.1, 0.15) is 37.7 Å². The van der Waals surface area contributed by atoms with Gasteiger partial charge < -0.3 is 9.47 Å². The average molecular weight is 312 g/mol. The van der Waals surface area contributed by atoms with Crippen LogP contribution in [0.25, 0.3) is 0 Å². The van der Waals surface area contributed by atoms with Crippen LogP contribution in [-0.2, 0) is 16.1 Å². The molecule has 1 aromatic heterocycles. The third-order valence-corrected chi connectivity index (χ3v) is 3.78. The highest BCUT2D eigenvalue weighted by molar-refractivity contribution is 6.31. The number of aromatic nitrogens is 1. The Bertz CT molecular complexity index is 607. The highest BCUT2D eigenvalue weighted by atomic mass is 35.5. The molecular formula is C14H18ClN3O3. The number of hydrogen-bond donors (Lipinski definition) is 1. The van der Waals surface area contributed by atoms with Crippen molar-refractivity contribution in [3.63, 3.8) is 0 Å². The maximum atomic E-state index is 12.7. The Balaban J connectivity index is 2.38. The number of halogens is 1. The number of carbonyl (C=O) groups excluding carboxylic acids is 3. The van der Waals surface area contributed by atoms with Crippen LogP contribution in [-0.4, -0.2) is 39.3 Å². The summed E-state index contributed by atoms with van der Waals surface area (Å²) < 4.78 is 1.75. The van der Waals surface area contributed by atoms with Crippen molar-refractivity contribution in [2.24, 2.45) is 0 Å². The fraction of sp³-hybridized carbons (Fsp3) is 0.500. The molecule has 0 spiro atoms. The Morgan fingerprint density at radius 2 is 2.10 bits per heavy atom. The standard InChI is InChI=1S/C14H18ClN3O3/c1-4-5-17-7-9(15)6-10(17)12(20)18-8-11(19)16-13(21)14(18,2)3/h6-7H,4-5,8H2,1-3H3,(H,16,19,21). The molecule has 0 bridgehead atoms. The van der Waals surface area contributed by atoms with E-state index in [9.17, 15) is 14.4 Å². The van der Waals surface area contributed by atoms with E-state index in [4.69, 9.17) is 11.6 Å². The number of rotatable bonds is 3. The largest absolute Gasteiger partial charge is 0.342 e. The Labute approximate surface area is 128 Å². The van der Waals surface area contributed by atoms with Gasteiger partial charge in [-0.1, -0.05) is 18.5 Å². The topological polar surface area (TPSA) is 71.4 Å². The molecule has 0 saturated carbocycles. The number of imide groups is 1. The van der Waals surface area contributed by atoms with Crippen molar-refractivity contribution in [2.75, 3.05) is 6.54 Å². The van der Waals surface area contributed by atoms with Crippen molar-refractivity contribution in [3.8, 4) is 0 Å². The molecule has 0 unspecified atom stereocenters. The van der Waals surface area contributed by atoms with Gasteiger partial charge in [0, 0.05) is 12.7 Å². The molecule has 1 aliphatic heterocycles. The molecule has 21 heavy (non-hydrogen) atoms. The molecule has 2 heterocycles. The van der Waals surface area contributed by atoms with Gasteiger partial charge in [0.05, 0.1) is 5.02 Å². The first kappa shape index (κ1) is 15.6. The normalized spacial score (nSPS) is 17.8. The molecule has 0 radical (unpaired) electrons. The number of nitrogens with zero attached hydrogens (tertiary/aromatic N) is 2. The summed E-state index contributed by atoms with van der Waals surface area (Å²) in [6.45, 7) is 5.71. The van der Waals surface area contributed by atoms with E-state index in [1.54, 1.807) is 30.7 Å². The zero-order valence-electron chi connectivity index (χ0n) is 12.3. The first-order valence-electron chi connectivity index (χ1n) is 6.79. The molecule has 0 aliphatic carbocycles. The molecule has 3 amide bonds. The van der Waals surface area contributed by atoms with Crippen LogP contribution in [0.4, 0.5) is 0 Å².